The minimum Gasteiger partial charge on any atom is -0.464 e. The van der Waals surface area contributed by atoms with Crippen LogP contribution >= 0.6 is 35.3 Å². The molecule has 0 aliphatic carbocycles. The molecule has 1 heterocycles. The Morgan fingerprint density at radius 3 is 0.850 bits per heavy atom. The molecule has 0 aliphatic rings. The maximum Gasteiger partial charge on any atom is 0.336 e. The first-order valence-corrected chi connectivity index (χ1v) is 26.9. The van der Waals surface area contributed by atoms with Gasteiger partial charge in [-0.05, 0) is 36.5 Å². The normalized spacial score (nSPS) is 11.2. The van der Waals surface area contributed by atoms with E-state index in [2.05, 4.69) is 20.8 Å². The van der Waals surface area contributed by atoms with Gasteiger partial charge in [-0.3, -0.25) is 14.4 Å². The molecule has 0 aromatic carbocycles. The van der Waals surface area contributed by atoms with E-state index < -0.39 is 35.0 Å². The molecule has 0 saturated heterocycles. The van der Waals surface area contributed by atoms with Gasteiger partial charge in [0.15, 0.2) is 0 Å². The highest BCUT2D eigenvalue weighted by atomic mass is 32.2. The number of nitrogens with zero attached hydrogens (tertiary/aromatic N) is 3. The fourth-order valence-electron chi connectivity index (χ4n) is 6.48. The van der Waals surface area contributed by atoms with Crippen LogP contribution in [0.2, 0.25) is 0 Å². The number of ether oxygens (including phenoxy) is 3. The van der Waals surface area contributed by atoms with Gasteiger partial charge in [0.25, 0.3) is 0 Å². The topological polar surface area (TPSA) is 145 Å². The zero-order valence-corrected chi connectivity index (χ0v) is 40.1. The van der Waals surface area contributed by atoms with Gasteiger partial charge in [0.05, 0.1) is 38.9 Å². The number of hydrogen-bond donors (Lipinski definition) is 0. The van der Waals surface area contributed by atoms with Crippen molar-refractivity contribution in [2.24, 2.45) is 0 Å². The van der Waals surface area contributed by atoms with Crippen LogP contribution in [0.1, 0.15) is 175 Å². The Bertz CT molecular complexity index is 1240. The Morgan fingerprint density at radius 2 is 0.600 bits per heavy atom. The fraction of sp³-hybridized carbons (Fsp3) is 0.867. The summed E-state index contributed by atoms with van der Waals surface area (Å²) in [5.74, 6) is 3.55. The molecule has 0 atom stereocenters. The van der Waals surface area contributed by atoms with E-state index in [4.69, 9.17) is 14.2 Å². The molecule has 0 bridgehead atoms. The first-order valence-electron chi connectivity index (χ1n) is 23.4. The van der Waals surface area contributed by atoms with E-state index in [1.54, 1.807) is 35.3 Å². The lowest BCUT2D eigenvalue weighted by atomic mass is 10.1. The van der Waals surface area contributed by atoms with E-state index >= 15 is 0 Å². The quantitative estimate of drug-likeness (QED) is 0.0350. The van der Waals surface area contributed by atoms with Gasteiger partial charge in [0.1, 0.15) is 19.8 Å². The van der Waals surface area contributed by atoms with E-state index in [1.165, 1.54) is 116 Å². The number of carbonyl (C=O) groups excluding carboxylic acids is 3. The van der Waals surface area contributed by atoms with Gasteiger partial charge in [0, 0.05) is 17.3 Å². The Hall–Kier alpha value is -2.13. The molecule has 0 aliphatic heterocycles. The van der Waals surface area contributed by atoms with Gasteiger partial charge in [-0.1, -0.05) is 136 Å². The summed E-state index contributed by atoms with van der Waals surface area (Å²) < 4.78 is 18.6. The Morgan fingerprint density at radius 1 is 0.367 bits per heavy atom. The number of aromatic nitrogens is 3. The predicted octanol–water partition coefficient (Wildman–Crippen LogP) is 9.42. The molecule has 1 aromatic heterocycles. The summed E-state index contributed by atoms with van der Waals surface area (Å²) in [4.78, 5) is 77.7. The van der Waals surface area contributed by atoms with Gasteiger partial charge in [-0.2, -0.15) is 35.3 Å². The number of rotatable bonds is 42. The Kier molecular flexibility index (Phi) is 37.0. The van der Waals surface area contributed by atoms with E-state index in [9.17, 15) is 28.8 Å². The van der Waals surface area contributed by atoms with Gasteiger partial charge in [-0.15, -0.1) is 0 Å². The molecular weight excluding hydrogens is 823 g/mol. The lowest BCUT2D eigenvalue weighted by Gasteiger charge is -2.14. The van der Waals surface area contributed by atoms with Crippen LogP contribution in [0.3, 0.4) is 0 Å². The number of unbranched alkanes of at least 4 members (excludes halogenated alkanes) is 18. The number of hydrogen-bond acceptors (Lipinski definition) is 12. The summed E-state index contributed by atoms with van der Waals surface area (Å²) in [6.07, 6.45) is 26.6. The van der Waals surface area contributed by atoms with Crippen molar-refractivity contribution in [1.82, 2.24) is 13.7 Å². The third-order valence-corrected chi connectivity index (χ3v) is 13.4. The van der Waals surface area contributed by atoms with Crippen molar-refractivity contribution < 1.29 is 28.6 Å². The number of carbonyl (C=O) groups is 3. The van der Waals surface area contributed by atoms with Gasteiger partial charge >= 0.3 is 35.0 Å². The maximum absolute atomic E-state index is 13.4. The van der Waals surface area contributed by atoms with Gasteiger partial charge < -0.3 is 14.2 Å². The third kappa shape index (κ3) is 29.2. The monoisotopic (exact) mass is 904 g/mol. The van der Waals surface area contributed by atoms with Crippen LogP contribution < -0.4 is 17.1 Å². The first-order chi connectivity index (χ1) is 29.3. The van der Waals surface area contributed by atoms with Crippen LogP contribution in [0.25, 0.3) is 0 Å². The van der Waals surface area contributed by atoms with E-state index in [1.807, 2.05) is 0 Å². The van der Waals surface area contributed by atoms with Gasteiger partial charge in [-0.25, -0.2) is 28.1 Å². The molecule has 0 amide bonds. The molecule has 0 spiro atoms. The van der Waals surface area contributed by atoms with E-state index in [-0.39, 0.29) is 58.7 Å². The van der Waals surface area contributed by atoms with Crippen molar-refractivity contribution in [2.45, 2.75) is 195 Å². The first kappa shape index (κ1) is 55.9. The molecule has 1 aromatic rings. The van der Waals surface area contributed by atoms with Crippen LogP contribution in [-0.4, -0.2) is 85.9 Å². The molecule has 12 nitrogen and oxygen atoms in total. The second-order valence-corrected chi connectivity index (χ2v) is 19.1. The summed E-state index contributed by atoms with van der Waals surface area (Å²) in [5, 5.41) is 0. The zero-order chi connectivity index (χ0) is 43.9. The van der Waals surface area contributed by atoms with Crippen LogP contribution in [0.5, 0.6) is 0 Å². The lowest BCUT2D eigenvalue weighted by Crippen LogP contribution is -2.55. The third-order valence-electron chi connectivity index (χ3n) is 10.1. The lowest BCUT2D eigenvalue weighted by molar-refractivity contribution is -0.144. The zero-order valence-electron chi connectivity index (χ0n) is 37.7. The minimum absolute atomic E-state index is 0.214. The van der Waals surface area contributed by atoms with Crippen LogP contribution in [-0.2, 0) is 48.2 Å². The maximum atomic E-state index is 13.4. The standard InChI is InChI=1S/C45H81N3O9S3/c1-4-7-10-13-16-19-22-34-58-37-25-40(49)55-31-28-46-43(52)47(29-32-56-41(50)26-38-59-35-23-20-17-14-11-8-5-2)45(54)48(44(46)53)30-33-57-42(51)27-39-60-36-24-21-18-15-12-9-6-3/h4-39H2,1-3H3. The fourth-order valence-corrected chi connectivity index (χ4v) is 9.25. The molecule has 0 N–H and O–H groups in total. The minimum atomic E-state index is -0.890. The largest absolute Gasteiger partial charge is 0.464 e. The summed E-state index contributed by atoms with van der Waals surface area (Å²) >= 11 is 5.13. The van der Waals surface area contributed by atoms with Crippen molar-refractivity contribution in [3.8, 4) is 0 Å². The van der Waals surface area contributed by atoms with Crippen molar-refractivity contribution in [3.05, 3.63) is 31.5 Å². The van der Waals surface area contributed by atoms with Crippen LogP contribution in [0.15, 0.2) is 14.4 Å². The molecule has 0 radical (unpaired) electrons. The molecule has 60 heavy (non-hydrogen) atoms. The summed E-state index contributed by atoms with van der Waals surface area (Å²) in [6.45, 7) is 5.15. The Labute approximate surface area is 374 Å². The molecule has 0 fully saturated rings. The van der Waals surface area contributed by atoms with Crippen molar-refractivity contribution in [1.29, 1.82) is 0 Å². The number of thioether (sulfide) groups is 3. The second kappa shape index (κ2) is 39.7. The molecule has 348 valence electrons. The highest BCUT2D eigenvalue weighted by Crippen LogP contribution is 2.14. The molecule has 15 heteroatoms. The second-order valence-electron chi connectivity index (χ2n) is 15.4. The van der Waals surface area contributed by atoms with E-state index in [0.717, 1.165) is 50.2 Å². The highest BCUT2D eigenvalue weighted by molar-refractivity contribution is 7.99. The Balaban J connectivity index is 2.69. The van der Waals surface area contributed by atoms with Crippen LogP contribution in [0, 0.1) is 0 Å². The van der Waals surface area contributed by atoms with Crippen molar-refractivity contribution in [3.63, 3.8) is 0 Å². The molecule has 0 saturated carbocycles. The van der Waals surface area contributed by atoms with Crippen LogP contribution in [0.4, 0.5) is 0 Å². The molecule has 0 unspecified atom stereocenters. The predicted molar refractivity (Wildman–Crippen MR) is 252 cm³/mol. The highest BCUT2D eigenvalue weighted by Gasteiger charge is 2.17. The average Bonchev–Trinajstić information content (AvgIpc) is 3.23. The van der Waals surface area contributed by atoms with E-state index in [0.29, 0.717) is 17.3 Å². The van der Waals surface area contributed by atoms with Crippen molar-refractivity contribution >= 4 is 53.2 Å². The average molecular weight is 904 g/mol. The molecule has 1 rings (SSSR count). The smallest absolute Gasteiger partial charge is 0.336 e. The SMILES string of the molecule is CCCCCCCCCSCCC(=O)OCCn1c(=O)n(CCOC(=O)CCSCCCCCCCCC)c(=O)n(CCOC(=O)CCSCCCCCCCCC)c1=O. The van der Waals surface area contributed by atoms with Crippen molar-refractivity contribution in [2.75, 3.05) is 54.3 Å². The summed E-state index contributed by atoms with van der Waals surface area (Å²) in [6, 6.07) is 0. The molecular formula is C45H81N3O9S3. The number of esters is 3. The summed E-state index contributed by atoms with van der Waals surface area (Å²) in [7, 11) is 0. The summed E-state index contributed by atoms with van der Waals surface area (Å²) in [5.41, 5.74) is -2.67. The van der Waals surface area contributed by atoms with Gasteiger partial charge in [0.2, 0.25) is 0 Å².